The lowest BCUT2D eigenvalue weighted by atomic mass is 10.2. The van der Waals surface area contributed by atoms with Crippen molar-refractivity contribution in [3.63, 3.8) is 0 Å². The van der Waals surface area contributed by atoms with Crippen LogP contribution in [0.1, 0.15) is 11.9 Å². The summed E-state index contributed by atoms with van der Waals surface area (Å²) < 4.78 is 10.8. The Labute approximate surface area is 109 Å². The molecule has 3 heterocycles. The number of ether oxygens (including phenoxy) is 1. The smallest absolute Gasteiger partial charge is 0.280 e. The quantitative estimate of drug-likeness (QED) is 0.813. The number of nitrogens with zero attached hydrogens (tertiary/aromatic N) is 5. The van der Waals surface area contributed by atoms with Gasteiger partial charge in [0.25, 0.3) is 5.89 Å². The summed E-state index contributed by atoms with van der Waals surface area (Å²) in [7, 11) is 2.02. The van der Waals surface area contributed by atoms with Gasteiger partial charge < -0.3 is 19.9 Å². The molecule has 0 aliphatic carbocycles. The van der Waals surface area contributed by atoms with Gasteiger partial charge in [-0.3, -0.25) is 0 Å². The van der Waals surface area contributed by atoms with E-state index in [1.807, 2.05) is 7.05 Å². The molecule has 0 bridgehead atoms. The zero-order valence-electron chi connectivity index (χ0n) is 10.5. The Morgan fingerprint density at radius 3 is 3.00 bits per heavy atom. The molecule has 1 atom stereocenters. The van der Waals surface area contributed by atoms with E-state index in [1.165, 1.54) is 12.4 Å². The first kappa shape index (κ1) is 12.0. The molecule has 2 aromatic heterocycles. The summed E-state index contributed by atoms with van der Waals surface area (Å²) in [6.07, 6.45) is 2.85. The second kappa shape index (κ2) is 4.90. The molecule has 3 rings (SSSR count). The van der Waals surface area contributed by atoms with Crippen molar-refractivity contribution < 1.29 is 9.26 Å². The molecule has 0 spiro atoms. The van der Waals surface area contributed by atoms with Gasteiger partial charge >= 0.3 is 0 Å². The molecule has 0 aromatic carbocycles. The maximum atomic E-state index is 5.72. The third kappa shape index (κ3) is 2.40. The van der Waals surface area contributed by atoms with Gasteiger partial charge in [0.2, 0.25) is 5.82 Å². The summed E-state index contributed by atoms with van der Waals surface area (Å²) >= 11 is 0. The third-order valence-electron chi connectivity index (χ3n) is 2.93. The van der Waals surface area contributed by atoms with Crippen molar-refractivity contribution in [2.75, 3.05) is 32.5 Å². The fourth-order valence-corrected chi connectivity index (χ4v) is 1.91. The maximum Gasteiger partial charge on any atom is 0.280 e. The van der Waals surface area contributed by atoms with Gasteiger partial charge in [-0.15, -0.1) is 0 Å². The monoisotopic (exact) mass is 262 g/mol. The fourth-order valence-electron chi connectivity index (χ4n) is 1.91. The van der Waals surface area contributed by atoms with Crippen LogP contribution in [0.25, 0.3) is 11.6 Å². The Bertz CT molecular complexity index is 572. The minimum Gasteiger partial charge on any atom is -0.382 e. The first-order chi connectivity index (χ1) is 9.24. The van der Waals surface area contributed by atoms with E-state index in [0.29, 0.717) is 18.1 Å². The molecule has 8 heteroatoms. The second-order valence-electron chi connectivity index (χ2n) is 4.37. The highest BCUT2D eigenvalue weighted by Gasteiger charge is 2.25. The van der Waals surface area contributed by atoms with Gasteiger partial charge in [-0.25, -0.2) is 9.97 Å². The van der Waals surface area contributed by atoms with Gasteiger partial charge in [-0.2, -0.15) is 4.98 Å². The number of hydrogen-bond donors (Lipinski definition) is 1. The van der Waals surface area contributed by atoms with Crippen molar-refractivity contribution in [2.24, 2.45) is 0 Å². The minimum atomic E-state index is -0.186. The molecule has 1 fully saturated rings. The van der Waals surface area contributed by atoms with Crippen molar-refractivity contribution in [1.82, 2.24) is 25.0 Å². The molecule has 0 saturated carbocycles. The first-order valence-electron chi connectivity index (χ1n) is 5.94. The molecule has 2 aromatic rings. The highest BCUT2D eigenvalue weighted by molar-refractivity contribution is 5.61. The molecule has 2 N–H and O–H groups in total. The van der Waals surface area contributed by atoms with Gasteiger partial charge in [-0.1, -0.05) is 5.16 Å². The Balaban J connectivity index is 1.85. The van der Waals surface area contributed by atoms with Crippen LogP contribution >= 0.6 is 0 Å². The third-order valence-corrected chi connectivity index (χ3v) is 2.93. The molecule has 100 valence electrons. The van der Waals surface area contributed by atoms with Crippen molar-refractivity contribution in [1.29, 1.82) is 0 Å². The van der Waals surface area contributed by atoms with E-state index in [4.69, 9.17) is 15.0 Å². The van der Waals surface area contributed by atoms with E-state index in [1.54, 1.807) is 0 Å². The van der Waals surface area contributed by atoms with E-state index in [0.717, 1.165) is 13.1 Å². The number of anilines is 1. The zero-order chi connectivity index (χ0) is 13.2. The lowest BCUT2D eigenvalue weighted by Gasteiger charge is -2.27. The summed E-state index contributed by atoms with van der Waals surface area (Å²) in [6.45, 7) is 2.28. The van der Waals surface area contributed by atoms with Gasteiger partial charge in [0.05, 0.1) is 6.61 Å². The lowest BCUT2D eigenvalue weighted by molar-refractivity contribution is -0.0264. The molecule has 0 amide bonds. The van der Waals surface area contributed by atoms with Crippen LogP contribution in [0.3, 0.4) is 0 Å². The van der Waals surface area contributed by atoms with Gasteiger partial charge in [-0.05, 0) is 7.05 Å². The predicted molar refractivity (Wildman–Crippen MR) is 65.9 cm³/mol. The highest BCUT2D eigenvalue weighted by Crippen LogP contribution is 2.23. The van der Waals surface area contributed by atoms with Gasteiger partial charge in [0, 0.05) is 25.5 Å². The van der Waals surface area contributed by atoms with E-state index in [9.17, 15) is 0 Å². The largest absolute Gasteiger partial charge is 0.382 e. The van der Waals surface area contributed by atoms with Crippen molar-refractivity contribution in [3.05, 3.63) is 18.2 Å². The summed E-state index contributed by atoms with van der Waals surface area (Å²) in [5.74, 6) is 1.03. The number of likely N-dealkylation sites (N-methyl/N-ethyl adjacent to an activating group) is 1. The molecular weight excluding hydrogens is 248 g/mol. The minimum absolute atomic E-state index is 0.186. The maximum absolute atomic E-state index is 5.72. The van der Waals surface area contributed by atoms with Crippen molar-refractivity contribution >= 4 is 5.82 Å². The van der Waals surface area contributed by atoms with Crippen LogP contribution in [0, 0.1) is 0 Å². The van der Waals surface area contributed by atoms with Crippen LogP contribution in [-0.2, 0) is 4.74 Å². The number of nitrogens with two attached hydrogens (primary N) is 1. The van der Waals surface area contributed by atoms with E-state index < -0.39 is 0 Å². The SMILES string of the molecule is CN1CCOC(c2noc(-c3nccnc3N)n2)C1. The highest BCUT2D eigenvalue weighted by atomic mass is 16.5. The van der Waals surface area contributed by atoms with E-state index in [2.05, 4.69) is 25.0 Å². The Hall–Kier alpha value is -2.06. The van der Waals surface area contributed by atoms with Crippen LogP contribution < -0.4 is 5.73 Å². The summed E-state index contributed by atoms with van der Waals surface area (Å²) in [5, 5.41) is 3.93. The van der Waals surface area contributed by atoms with Gasteiger partial charge in [0.15, 0.2) is 11.5 Å². The molecule has 1 saturated heterocycles. The van der Waals surface area contributed by atoms with E-state index in [-0.39, 0.29) is 17.8 Å². The van der Waals surface area contributed by atoms with Crippen LogP contribution in [0.2, 0.25) is 0 Å². The summed E-state index contributed by atoms with van der Waals surface area (Å²) in [5.41, 5.74) is 6.12. The molecular formula is C11H14N6O2. The molecule has 19 heavy (non-hydrogen) atoms. The van der Waals surface area contributed by atoms with Crippen molar-refractivity contribution in [2.45, 2.75) is 6.10 Å². The molecule has 1 aliphatic heterocycles. The first-order valence-corrected chi connectivity index (χ1v) is 5.94. The standard InChI is InChI=1S/C11H14N6O2/c1-17-4-5-18-7(6-17)10-15-11(19-16-10)8-9(12)14-3-2-13-8/h2-3,7H,4-6H2,1H3,(H2,12,14). The average molecular weight is 262 g/mol. The second-order valence-corrected chi connectivity index (χ2v) is 4.37. The molecule has 8 nitrogen and oxygen atoms in total. The topological polar surface area (TPSA) is 103 Å². The molecule has 0 radical (unpaired) electrons. The number of nitrogen functional groups attached to an aromatic ring is 1. The van der Waals surface area contributed by atoms with Crippen molar-refractivity contribution in [3.8, 4) is 11.6 Å². The number of rotatable bonds is 2. The average Bonchev–Trinajstić information content (AvgIpc) is 2.89. The number of hydrogen-bond acceptors (Lipinski definition) is 8. The fraction of sp³-hybridized carbons (Fsp3) is 0.455. The Morgan fingerprint density at radius 1 is 1.37 bits per heavy atom. The predicted octanol–water partition coefficient (Wildman–Crippen LogP) is 0.112. The van der Waals surface area contributed by atoms with E-state index >= 15 is 0 Å². The molecule has 1 unspecified atom stereocenters. The number of morpholine rings is 1. The van der Waals surface area contributed by atoms with Crippen LogP contribution in [0.4, 0.5) is 5.82 Å². The van der Waals surface area contributed by atoms with Crippen LogP contribution in [0.15, 0.2) is 16.9 Å². The normalized spacial score (nSPS) is 20.6. The Kier molecular flexibility index (Phi) is 3.10. The van der Waals surface area contributed by atoms with Gasteiger partial charge in [0.1, 0.15) is 6.10 Å². The summed E-state index contributed by atoms with van der Waals surface area (Å²) in [6, 6.07) is 0. The van der Waals surface area contributed by atoms with Crippen LogP contribution in [0.5, 0.6) is 0 Å². The Morgan fingerprint density at radius 2 is 2.21 bits per heavy atom. The zero-order valence-corrected chi connectivity index (χ0v) is 10.5. The summed E-state index contributed by atoms with van der Waals surface area (Å²) in [4.78, 5) is 14.5. The molecule has 1 aliphatic rings. The lowest BCUT2D eigenvalue weighted by Crippen LogP contribution is -2.35. The van der Waals surface area contributed by atoms with Crippen LogP contribution in [-0.4, -0.2) is 51.8 Å². The number of aromatic nitrogens is 4.